The summed E-state index contributed by atoms with van der Waals surface area (Å²) in [6, 6.07) is 16.9. The average Bonchev–Trinajstić information content (AvgIpc) is 3.04. The number of allylic oxidation sites excluding steroid dienone is 1. The Morgan fingerprint density at radius 1 is 0.818 bits per heavy atom. The van der Waals surface area contributed by atoms with Gasteiger partial charge in [-0.05, 0) is 107 Å². The molecule has 2 aromatic carbocycles. The molecule has 0 unspecified atom stereocenters. The van der Waals surface area contributed by atoms with Crippen LogP contribution in [0.4, 0.5) is 4.39 Å². The second-order valence-corrected chi connectivity index (χ2v) is 12.4. The molecular formula is C42H70FN. The molecule has 0 N–H and O–H groups in total. The zero-order valence-electron chi connectivity index (χ0n) is 30.1. The first-order valence-corrected chi connectivity index (χ1v) is 17.4. The minimum atomic E-state index is -0.125. The summed E-state index contributed by atoms with van der Waals surface area (Å²) in [7, 11) is 0. The van der Waals surface area contributed by atoms with E-state index in [1.807, 2.05) is 26.0 Å². The van der Waals surface area contributed by atoms with E-state index in [2.05, 4.69) is 96.7 Å². The largest absolute Gasteiger partial charge is 0.300 e. The molecule has 1 nitrogen and oxygen atoms in total. The van der Waals surface area contributed by atoms with E-state index in [4.69, 9.17) is 0 Å². The van der Waals surface area contributed by atoms with Gasteiger partial charge in [0.1, 0.15) is 5.82 Å². The Labute approximate surface area is 274 Å². The van der Waals surface area contributed by atoms with E-state index in [0.29, 0.717) is 5.92 Å². The zero-order chi connectivity index (χ0) is 33.8. The summed E-state index contributed by atoms with van der Waals surface area (Å²) in [5.74, 6) is 1.06. The van der Waals surface area contributed by atoms with Crippen molar-refractivity contribution < 1.29 is 4.39 Å². The first-order valence-electron chi connectivity index (χ1n) is 17.4. The first kappa shape index (κ1) is 43.7. The summed E-state index contributed by atoms with van der Waals surface area (Å²) >= 11 is 0. The molecule has 0 aromatic heterocycles. The molecule has 1 fully saturated rings. The third kappa shape index (κ3) is 22.1. The molecule has 1 aliphatic rings. The van der Waals surface area contributed by atoms with Crippen LogP contribution in [0.1, 0.15) is 135 Å². The van der Waals surface area contributed by atoms with Gasteiger partial charge in [0, 0.05) is 6.04 Å². The van der Waals surface area contributed by atoms with Crippen molar-refractivity contribution in [3.05, 3.63) is 110 Å². The molecule has 3 rings (SSSR count). The molecule has 0 saturated carbocycles. The van der Waals surface area contributed by atoms with E-state index >= 15 is 0 Å². The normalized spacial score (nSPS) is 13.8. The topological polar surface area (TPSA) is 3.24 Å². The molecule has 0 amide bonds. The molecule has 0 spiro atoms. The average molecular weight is 608 g/mol. The van der Waals surface area contributed by atoms with Gasteiger partial charge in [-0.2, -0.15) is 0 Å². The molecule has 1 heterocycles. The Bertz CT molecular complexity index is 915. The van der Waals surface area contributed by atoms with E-state index < -0.39 is 0 Å². The van der Waals surface area contributed by atoms with Crippen molar-refractivity contribution >= 4 is 0 Å². The highest BCUT2D eigenvalue weighted by Gasteiger charge is 2.18. The molecule has 0 aliphatic carbocycles. The number of hydrogen-bond donors (Lipinski definition) is 0. The van der Waals surface area contributed by atoms with E-state index in [9.17, 15) is 4.39 Å². The van der Waals surface area contributed by atoms with Crippen molar-refractivity contribution in [3.8, 4) is 0 Å². The standard InChI is InChI=1S/C22H29F.C12H25N.C4H8.2C2H4/c1-4-19(15-20-13-11-17(2)12-14-20)8-5-7-18(3)21-9-6-10-22(23)16-21;1-3-8-12(9-4-2)13-10-6-5-7-11-13;1-4(2)3;2*1-2/h6,9-14,16,18-19H,4-5,7-8,15H2,1-3H3;12H,3-11H2,1-2H3;1H2,2-3H3;2*1-2H2/t18-,19-;;;;/m0..../s1. The van der Waals surface area contributed by atoms with Crippen molar-refractivity contribution in [1.82, 2.24) is 4.90 Å². The van der Waals surface area contributed by atoms with Gasteiger partial charge in [0.25, 0.3) is 0 Å². The van der Waals surface area contributed by atoms with Gasteiger partial charge in [-0.1, -0.05) is 114 Å². The minimum Gasteiger partial charge on any atom is -0.300 e. The lowest BCUT2D eigenvalue weighted by atomic mass is 9.88. The molecule has 0 radical (unpaired) electrons. The van der Waals surface area contributed by atoms with Crippen LogP contribution in [0.2, 0.25) is 0 Å². The smallest absolute Gasteiger partial charge is 0.123 e. The number of benzene rings is 2. The lowest BCUT2D eigenvalue weighted by molar-refractivity contribution is 0.146. The van der Waals surface area contributed by atoms with Crippen molar-refractivity contribution in [3.63, 3.8) is 0 Å². The minimum absolute atomic E-state index is 0.125. The number of likely N-dealkylation sites (tertiary alicyclic amines) is 1. The molecule has 44 heavy (non-hydrogen) atoms. The molecule has 250 valence electrons. The number of hydrogen-bond acceptors (Lipinski definition) is 1. The van der Waals surface area contributed by atoms with Crippen molar-refractivity contribution in [2.75, 3.05) is 13.1 Å². The van der Waals surface area contributed by atoms with Crippen LogP contribution in [0.15, 0.2) is 87.0 Å². The zero-order valence-corrected chi connectivity index (χ0v) is 30.1. The molecule has 0 bridgehead atoms. The van der Waals surface area contributed by atoms with Crippen LogP contribution >= 0.6 is 0 Å². The number of halogens is 1. The van der Waals surface area contributed by atoms with Gasteiger partial charge in [-0.15, -0.1) is 32.9 Å². The van der Waals surface area contributed by atoms with Gasteiger partial charge >= 0.3 is 0 Å². The van der Waals surface area contributed by atoms with Gasteiger partial charge in [0.2, 0.25) is 0 Å². The van der Waals surface area contributed by atoms with Crippen molar-refractivity contribution in [2.45, 2.75) is 137 Å². The molecule has 1 saturated heterocycles. The predicted octanol–water partition coefficient (Wildman–Crippen LogP) is 13.3. The maximum absolute atomic E-state index is 13.3. The fourth-order valence-electron chi connectivity index (χ4n) is 5.66. The summed E-state index contributed by atoms with van der Waals surface area (Å²) in [4.78, 5) is 2.73. The van der Waals surface area contributed by atoms with Crippen LogP contribution in [0, 0.1) is 18.7 Å². The van der Waals surface area contributed by atoms with Crippen LogP contribution in [-0.4, -0.2) is 24.0 Å². The Balaban J connectivity index is 0. The fourth-order valence-corrected chi connectivity index (χ4v) is 5.66. The molecule has 2 atom stereocenters. The monoisotopic (exact) mass is 608 g/mol. The molecule has 2 heteroatoms. The van der Waals surface area contributed by atoms with E-state index in [-0.39, 0.29) is 5.82 Å². The Hall–Kier alpha value is -2.45. The lowest BCUT2D eigenvalue weighted by Crippen LogP contribution is -2.39. The van der Waals surface area contributed by atoms with Crippen LogP contribution in [-0.2, 0) is 6.42 Å². The van der Waals surface area contributed by atoms with Gasteiger partial charge < -0.3 is 4.90 Å². The highest BCUT2D eigenvalue weighted by Crippen LogP contribution is 2.25. The van der Waals surface area contributed by atoms with Gasteiger partial charge in [0.15, 0.2) is 0 Å². The van der Waals surface area contributed by atoms with Crippen LogP contribution < -0.4 is 0 Å². The molecule has 1 aliphatic heterocycles. The van der Waals surface area contributed by atoms with Gasteiger partial charge in [-0.3, -0.25) is 0 Å². The summed E-state index contributed by atoms with van der Waals surface area (Å²) < 4.78 is 13.3. The predicted molar refractivity (Wildman–Crippen MR) is 199 cm³/mol. The fraction of sp³-hybridized carbons (Fsp3) is 0.571. The highest BCUT2D eigenvalue weighted by atomic mass is 19.1. The Morgan fingerprint density at radius 3 is 1.84 bits per heavy atom. The summed E-state index contributed by atoms with van der Waals surface area (Å²) in [5.41, 5.74) is 5.06. The quantitative estimate of drug-likeness (QED) is 0.205. The Kier molecular flexibility index (Phi) is 29.1. The van der Waals surface area contributed by atoms with Crippen LogP contribution in [0.5, 0.6) is 0 Å². The lowest BCUT2D eigenvalue weighted by Gasteiger charge is -2.34. The maximum atomic E-state index is 13.3. The number of piperidine rings is 1. The van der Waals surface area contributed by atoms with E-state index in [1.165, 1.54) is 106 Å². The van der Waals surface area contributed by atoms with Crippen LogP contribution in [0.25, 0.3) is 0 Å². The van der Waals surface area contributed by atoms with Gasteiger partial charge in [0.05, 0.1) is 0 Å². The van der Waals surface area contributed by atoms with E-state index in [0.717, 1.165) is 23.9 Å². The molecule has 2 aromatic rings. The second-order valence-electron chi connectivity index (χ2n) is 12.4. The first-order chi connectivity index (χ1) is 21.2. The van der Waals surface area contributed by atoms with Crippen LogP contribution in [0.3, 0.4) is 0 Å². The van der Waals surface area contributed by atoms with Crippen molar-refractivity contribution in [1.29, 1.82) is 0 Å². The third-order valence-corrected chi connectivity index (χ3v) is 8.04. The number of rotatable bonds is 13. The third-order valence-electron chi connectivity index (χ3n) is 8.04. The second kappa shape index (κ2) is 29.3. The number of aryl methyl sites for hydroxylation is 1. The summed E-state index contributed by atoms with van der Waals surface area (Å²) in [6.07, 6.45) is 15.8. The Morgan fingerprint density at radius 2 is 1.36 bits per heavy atom. The van der Waals surface area contributed by atoms with Gasteiger partial charge in [-0.25, -0.2) is 4.39 Å². The summed E-state index contributed by atoms with van der Waals surface area (Å²) in [5, 5.41) is 0. The SMILES string of the molecule is C=C.C=C.C=C(C)C.CCCC(CCC)N1CCCCC1.CC[C@@H](CCC[C@H](C)c1cccc(F)c1)Cc1ccc(C)cc1. The molecular weight excluding hydrogens is 537 g/mol. The summed E-state index contributed by atoms with van der Waals surface area (Å²) in [6.45, 7) is 33.5. The maximum Gasteiger partial charge on any atom is 0.123 e. The number of nitrogens with zero attached hydrogens (tertiary/aromatic N) is 1. The van der Waals surface area contributed by atoms with E-state index in [1.54, 1.807) is 6.07 Å². The highest BCUT2D eigenvalue weighted by molar-refractivity contribution is 5.22. The van der Waals surface area contributed by atoms with Crippen molar-refractivity contribution in [2.24, 2.45) is 5.92 Å².